The summed E-state index contributed by atoms with van der Waals surface area (Å²) < 4.78 is 15.4. The van der Waals surface area contributed by atoms with Crippen molar-refractivity contribution in [1.82, 2.24) is 5.32 Å². The minimum atomic E-state index is -1.15. The van der Waals surface area contributed by atoms with Crippen molar-refractivity contribution in [1.29, 1.82) is 0 Å². The van der Waals surface area contributed by atoms with Gasteiger partial charge in [0.05, 0.1) is 19.3 Å². The molecule has 11 nitrogen and oxygen atoms in total. The molecule has 0 bridgehead atoms. The molecule has 3 atom stereocenters. The number of carbonyl (C=O) groups is 2. The van der Waals surface area contributed by atoms with Gasteiger partial charge in [-0.2, -0.15) is 0 Å². The molecule has 1 heterocycles. The number of aliphatic hydroxyl groups is 1. The summed E-state index contributed by atoms with van der Waals surface area (Å²) in [7, 11) is 0. The number of aliphatic hydroxyl groups excluding tert-OH is 1. The van der Waals surface area contributed by atoms with Crippen molar-refractivity contribution in [2.24, 2.45) is 0 Å². The fourth-order valence-corrected chi connectivity index (χ4v) is 2.25. The number of carboxylic acids is 1. The molecule has 1 aromatic carbocycles. The molecule has 173 valence electrons. The van der Waals surface area contributed by atoms with Crippen LogP contribution in [0.25, 0.3) is 5.90 Å². The number of aryl methyl sites for hydroxylation is 1. The zero-order chi connectivity index (χ0) is 22.8. The summed E-state index contributed by atoms with van der Waals surface area (Å²) in [5, 5.41) is 26.8. The van der Waals surface area contributed by atoms with E-state index in [9.17, 15) is 19.5 Å². The Kier molecular flexibility index (Phi) is 20.3. The molecular weight excluding hydrogens is 451 g/mol. The van der Waals surface area contributed by atoms with Crippen molar-refractivity contribution in [3.63, 3.8) is 0 Å². The number of benzene rings is 1. The molecule has 5 N–H and O–H groups in total. The van der Waals surface area contributed by atoms with Crippen LogP contribution in [0.5, 0.6) is 0 Å². The van der Waals surface area contributed by atoms with E-state index in [1.807, 2.05) is 18.2 Å². The molecule has 31 heavy (non-hydrogen) atoms. The van der Waals surface area contributed by atoms with Gasteiger partial charge in [0, 0.05) is 12.8 Å². The van der Waals surface area contributed by atoms with Crippen molar-refractivity contribution in [2.45, 2.75) is 38.3 Å². The zero-order valence-electron chi connectivity index (χ0n) is 17.1. The third-order valence-electron chi connectivity index (χ3n) is 3.60. The minimum absolute atomic E-state index is 0. The van der Waals surface area contributed by atoms with Crippen molar-refractivity contribution >= 4 is 18.2 Å². The van der Waals surface area contributed by atoms with Crippen LogP contribution < -0.4 is 5.32 Å². The Labute approximate surface area is 192 Å². The molecule has 3 unspecified atom stereocenters. The summed E-state index contributed by atoms with van der Waals surface area (Å²) in [5.41, 5.74) is 1.32. The maximum atomic E-state index is 11.0. The predicted molar refractivity (Wildman–Crippen MR) is 104 cm³/mol. The van der Waals surface area contributed by atoms with Gasteiger partial charge in [0.2, 0.25) is 5.91 Å². The number of rotatable bonds is 9. The third kappa shape index (κ3) is 16.5. The molecule has 1 aromatic rings. The Morgan fingerprint density at radius 1 is 1.23 bits per heavy atom. The number of nitrogens with one attached hydrogen (secondary N) is 2. The summed E-state index contributed by atoms with van der Waals surface area (Å²) in [6.45, 7) is 1.84. The molecule has 1 aliphatic rings. The van der Waals surface area contributed by atoms with Crippen LogP contribution in [-0.2, 0) is 47.1 Å². The molecular formula is C19H28N2O9V. The van der Waals surface area contributed by atoms with Crippen molar-refractivity contribution < 1.29 is 62.6 Å². The smallest absolute Gasteiger partial charge is 0.553 e. The first-order valence-corrected chi connectivity index (χ1v) is 9.03. The second kappa shape index (κ2) is 20.1. The van der Waals surface area contributed by atoms with E-state index in [-0.39, 0.29) is 57.8 Å². The Balaban J connectivity index is 0. The number of carbonyl (C=O) groups excluding carboxylic acids is 2. The topological polar surface area (TPSA) is 175 Å². The fourth-order valence-electron chi connectivity index (χ4n) is 2.25. The quantitative estimate of drug-likeness (QED) is 0.225. The van der Waals surface area contributed by atoms with Crippen LogP contribution >= 0.6 is 0 Å². The average molecular weight is 479 g/mol. The number of hydrogen-bond donors (Lipinski definition) is 4. The van der Waals surface area contributed by atoms with Crippen LogP contribution in [0, 0.1) is 6.92 Å². The van der Waals surface area contributed by atoms with Gasteiger partial charge in [-0.25, -0.2) is 11.1 Å². The van der Waals surface area contributed by atoms with Gasteiger partial charge in [-0.3, -0.25) is 4.79 Å². The van der Waals surface area contributed by atoms with E-state index >= 15 is 0 Å². The van der Waals surface area contributed by atoms with Crippen molar-refractivity contribution in [3.05, 3.63) is 41.8 Å². The van der Waals surface area contributed by atoms with Crippen molar-refractivity contribution in [3.8, 4) is 0 Å². The summed E-state index contributed by atoms with van der Waals surface area (Å²) in [6, 6.07) is 10.3. The largest absolute Gasteiger partial charge is 2.00 e. The maximum Gasteiger partial charge on any atom is 2.00 e. The SMILES string of the molecule is Cc1ccccc1.O=[C-]CNC(=O)COCCOC1CC(O)CC(C(=O)O)O1.[NH-]O.[V+2]. The minimum Gasteiger partial charge on any atom is -0.553 e. The van der Waals surface area contributed by atoms with E-state index < -0.39 is 30.4 Å². The van der Waals surface area contributed by atoms with E-state index in [2.05, 4.69) is 24.4 Å². The van der Waals surface area contributed by atoms with Crippen LogP contribution in [0.1, 0.15) is 18.4 Å². The van der Waals surface area contributed by atoms with Gasteiger partial charge in [0.25, 0.3) is 0 Å². The monoisotopic (exact) mass is 479 g/mol. The molecule has 2 rings (SSSR count). The van der Waals surface area contributed by atoms with Gasteiger partial charge >= 0.3 is 24.5 Å². The van der Waals surface area contributed by atoms with E-state index in [0.29, 0.717) is 0 Å². The van der Waals surface area contributed by atoms with Crippen molar-refractivity contribution in [2.75, 3.05) is 26.4 Å². The van der Waals surface area contributed by atoms with Gasteiger partial charge < -0.3 is 45.6 Å². The summed E-state index contributed by atoms with van der Waals surface area (Å²) in [4.78, 5) is 31.7. The van der Waals surface area contributed by atoms with E-state index in [0.717, 1.165) is 0 Å². The van der Waals surface area contributed by atoms with Gasteiger partial charge in [-0.05, 0) is 6.92 Å². The average Bonchev–Trinajstić information content (AvgIpc) is 2.74. The van der Waals surface area contributed by atoms with Crippen LogP contribution in [0.2, 0.25) is 0 Å². The Hall–Kier alpha value is -1.83. The van der Waals surface area contributed by atoms with Gasteiger partial charge in [0.1, 0.15) is 6.61 Å². The molecule has 1 saturated heterocycles. The van der Waals surface area contributed by atoms with Gasteiger partial charge in [0.15, 0.2) is 12.4 Å². The standard InChI is InChI=1S/C12H18NO8.C7H8.H2NO.V/c14-2-1-13-10(16)7-19-3-4-20-11-6-8(15)5-9(21-11)12(17)18;1-7-5-3-2-4-6-7;1-2;/h8-9,11,15H,1,3-7H2,(H,13,16)(H,17,18);2-6H,1H3;1-2H;/q-1;;-1;+2. The van der Waals surface area contributed by atoms with Gasteiger partial charge in [-0.1, -0.05) is 42.4 Å². The van der Waals surface area contributed by atoms with Crippen LogP contribution in [0.4, 0.5) is 0 Å². The summed E-state index contributed by atoms with van der Waals surface area (Å²) in [6.07, 6.45) is -0.993. The molecule has 0 spiro atoms. The number of ether oxygens (including phenoxy) is 3. The maximum absolute atomic E-state index is 11.0. The molecule has 12 heteroatoms. The molecule has 1 fully saturated rings. The predicted octanol–water partition coefficient (Wildman–Crippen LogP) is 0.616. The first-order valence-electron chi connectivity index (χ1n) is 9.03. The van der Waals surface area contributed by atoms with E-state index in [1.165, 1.54) is 11.8 Å². The number of aliphatic carboxylic acids is 1. The fraction of sp³-hybridized carbons (Fsp3) is 0.526. The number of hydrogen-bond acceptors (Lipinski definition) is 8. The number of carboxylic acid groups (broad SMARTS) is 1. The summed E-state index contributed by atoms with van der Waals surface area (Å²) in [5.74, 6) is 3.15. The molecule has 1 aliphatic heterocycles. The first-order chi connectivity index (χ1) is 14.4. The zero-order valence-corrected chi connectivity index (χ0v) is 18.5. The first kappa shape index (κ1) is 31.4. The Morgan fingerprint density at radius 2 is 1.87 bits per heavy atom. The third-order valence-corrected chi connectivity index (χ3v) is 3.60. The second-order valence-corrected chi connectivity index (χ2v) is 6.02. The van der Waals surface area contributed by atoms with E-state index in [4.69, 9.17) is 30.4 Å². The Bertz CT molecular complexity index is 607. The molecule has 1 amide bonds. The molecule has 0 aliphatic carbocycles. The molecule has 0 saturated carbocycles. The van der Waals surface area contributed by atoms with E-state index in [1.54, 1.807) is 0 Å². The van der Waals surface area contributed by atoms with Crippen LogP contribution in [0.3, 0.4) is 0 Å². The normalized spacial score (nSPS) is 19.3. The molecule has 0 aromatic heterocycles. The van der Waals surface area contributed by atoms with Crippen LogP contribution in [-0.4, -0.2) is 78.4 Å². The molecule has 1 radical (unpaired) electrons. The second-order valence-electron chi connectivity index (χ2n) is 6.02. The van der Waals surface area contributed by atoms with Crippen LogP contribution in [0.15, 0.2) is 30.3 Å². The summed E-state index contributed by atoms with van der Waals surface area (Å²) >= 11 is 0. The van der Waals surface area contributed by atoms with Gasteiger partial charge in [-0.15, -0.1) is 0 Å². The Morgan fingerprint density at radius 3 is 2.39 bits per heavy atom. The number of amides is 1.